The third-order valence-electron chi connectivity index (χ3n) is 4.40. The van der Waals surface area contributed by atoms with E-state index in [0.29, 0.717) is 12.0 Å². The standard InChI is InChI=1S/C17H18FNO/c1-2-17(20,13-6-3-7-14(18)11-13)15-9-8-12-5-4-10-19-16(12)15/h3-7,10-11,15,20H,2,8-9H2,1H3. The highest BCUT2D eigenvalue weighted by Gasteiger charge is 2.42. The Morgan fingerprint density at radius 1 is 1.35 bits per heavy atom. The fraction of sp³-hybridized carbons (Fsp3) is 0.353. The van der Waals surface area contributed by atoms with E-state index in [0.717, 1.165) is 18.5 Å². The smallest absolute Gasteiger partial charge is 0.123 e. The number of aryl methyl sites for hydroxylation is 1. The number of benzene rings is 1. The second-order valence-electron chi connectivity index (χ2n) is 5.43. The van der Waals surface area contributed by atoms with Crippen LogP contribution in [0.1, 0.15) is 42.5 Å². The molecular formula is C17H18FNO. The van der Waals surface area contributed by atoms with Crippen molar-refractivity contribution in [2.24, 2.45) is 0 Å². The summed E-state index contributed by atoms with van der Waals surface area (Å²) in [7, 11) is 0. The first-order chi connectivity index (χ1) is 9.65. The van der Waals surface area contributed by atoms with E-state index in [1.54, 1.807) is 18.3 Å². The van der Waals surface area contributed by atoms with Gasteiger partial charge in [0.1, 0.15) is 5.82 Å². The van der Waals surface area contributed by atoms with E-state index >= 15 is 0 Å². The fourth-order valence-corrected chi connectivity index (χ4v) is 3.29. The van der Waals surface area contributed by atoms with Crippen LogP contribution in [-0.4, -0.2) is 10.1 Å². The molecule has 2 atom stereocenters. The molecule has 20 heavy (non-hydrogen) atoms. The summed E-state index contributed by atoms with van der Waals surface area (Å²) in [6.07, 6.45) is 4.08. The molecule has 1 aromatic heterocycles. The highest BCUT2D eigenvalue weighted by Crippen LogP contribution is 2.46. The van der Waals surface area contributed by atoms with Crippen molar-refractivity contribution in [3.8, 4) is 0 Å². The van der Waals surface area contributed by atoms with Gasteiger partial charge in [-0.15, -0.1) is 0 Å². The van der Waals surface area contributed by atoms with Crippen LogP contribution in [0.15, 0.2) is 42.6 Å². The summed E-state index contributed by atoms with van der Waals surface area (Å²) >= 11 is 0. The van der Waals surface area contributed by atoms with Gasteiger partial charge in [0.05, 0.1) is 5.60 Å². The first kappa shape index (κ1) is 13.3. The molecule has 0 aliphatic heterocycles. The van der Waals surface area contributed by atoms with Crippen molar-refractivity contribution in [1.29, 1.82) is 0 Å². The molecule has 1 N–H and O–H groups in total. The Kier molecular flexibility index (Phi) is 3.30. The van der Waals surface area contributed by atoms with E-state index in [4.69, 9.17) is 0 Å². The Bertz CT molecular complexity index is 628. The molecule has 0 saturated heterocycles. The maximum atomic E-state index is 13.5. The zero-order valence-electron chi connectivity index (χ0n) is 11.5. The summed E-state index contributed by atoms with van der Waals surface area (Å²) in [6.45, 7) is 1.94. The zero-order valence-corrected chi connectivity index (χ0v) is 11.5. The van der Waals surface area contributed by atoms with Gasteiger partial charge < -0.3 is 5.11 Å². The van der Waals surface area contributed by atoms with Crippen LogP contribution in [0.4, 0.5) is 4.39 Å². The lowest BCUT2D eigenvalue weighted by Gasteiger charge is -2.33. The lowest BCUT2D eigenvalue weighted by atomic mass is 9.77. The molecule has 3 heteroatoms. The van der Waals surface area contributed by atoms with Crippen molar-refractivity contribution in [3.05, 3.63) is 65.2 Å². The molecule has 1 aliphatic carbocycles. The highest BCUT2D eigenvalue weighted by molar-refractivity contribution is 5.36. The van der Waals surface area contributed by atoms with Crippen LogP contribution in [0.5, 0.6) is 0 Å². The van der Waals surface area contributed by atoms with Gasteiger partial charge >= 0.3 is 0 Å². The largest absolute Gasteiger partial charge is 0.384 e. The summed E-state index contributed by atoms with van der Waals surface area (Å²) < 4.78 is 13.5. The average molecular weight is 271 g/mol. The van der Waals surface area contributed by atoms with Gasteiger partial charge in [0.2, 0.25) is 0 Å². The lowest BCUT2D eigenvalue weighted by Crippen LogP contribution is -2.32. The SMILES string of the molecule is CCC(O)(c1cccc(F)c1)C1CCc2cccnc21. The molecule has 2 aromatic rings. The number of aliphatic hydroxyl groups is 1. The minimum Gasteiger partial charge on any atom is -0.384 e. The molecule has 0 spiro atoms. The molecule has 104 valence electrons. The van der Waals surface area contributed by atoms with Crippen LogP contribution >= 0.6 is 0 Å². The molecule has 0 saturated carbocycles. The van der Waals surface area contributed by atoms with Gasteiger partial charge in [-0.1, -0.05) is 25.1 Å². The monoisotopic (exact) mass is 271 g/mol. The number of aromatic nitrogens is 1. The molecule has 2 unspecified atom stereocenters. The predicted octanol–water partition coefficient (Wildman–Crippen LogP) is 3.55. The molecule has 2 nitrogen and oxygen atoms in total. The zero-order chi connectivity index (χ0) is 14.2. The fourth-order valence-electron chi connectivity index (χ4n) is 3.29. The number of hydrogen-bond acceptors (Lipinski definition) is 2. The first-order valence-electron chi connectivity index (χ1n) is 7.07. The second kappa shape index (κ2) is 4.98. The number of fused-ring (bicyclic) bond motifs is 1. The van der Waals surface area contributed by atoms with Gasteiger partial charge in [-0.3, -0.25) is 4.98 Å². The number of hydrogen-bond donors (Lipinski definition) is 1. The molecule has 0 fully saturated rings. The molecule has 0 bridgehead atoms. The average Bonchev–Trinajstić information content (AvgIpc) is 2.91. The molecule has 1 heterocycles. The van der Waals surface area contributed by atoms with Crippen molar-refractivity contribution in [1.82, 2.24) is 4.98 Å². The van der Waals surface area contributed by atoms with E-state index in [-0.39, 0.29) is 11.7 Å². The van der Waals surface area contributed by atoms with Crippen LogP contribution in [-0.2, 0) is 12.0 Å². The Morgan fingerprint density at radius 2 is 2.20 bits per heavy atom. The third-order valence-corrected chi connectivity index (χ3v) is 4.40. The van der Waals surface area contributed by atoms with Crippen molar-refractivity contribution in [3.63, 3.8) is 0 Å². The van der Waals surface area contributed by atoms with Gasteiger partial charge in [-0.25, -0.2) is 4.39 Å². The van der Waals surface area contributed by atoms with Crippen molar-refractivity contribution in [2.45, 2.75) is 37.7 Å². The maximum absolute atomic E-state index is 13.5. The first-order valence-corrected chi connectivity index (χ1v) is 7.07. The number of nitrogens with zero attached hydrogens (tertiary/aromatic N) is 1. The van der Waals surface area contributed by atoms with Gasteiger partial charge in [-0.2, -0.15) is 0 Å². The van der Waals surface area contributed by atoms with E-state index in [1.165, 1.54) is 17.7 Å². The summed E-state index contributed by atoms with van der Waals surface area (Å²) in [4.78, 5) is 4.45. The molecule has 1 aliphatic rings. The van der Waals surface area contributed by atoms with Gasteiger partial charge in [-0.05, 0) is 48.6 Å². The maximum Gasteiger partial charge on any atom is 0.123 e. The molecule has 0 radical (unpaired) electrons. The van der Waals surface area contributed by atoms with E-state index < -0.39 is 5.60 Å². The number of pyridine rings is 1. The van der Waals surface area contributed by atoms with Crippen LogP contribution in [0.2, 0.25) is 0 Å². The topological polar surface area (TPSA) is 33.1 Å². The molecule has 3 rings (SSSR count). The summed E-state index contributed by atoms with van der Waals surface area (Å²) in [6, 6.07) is 10.3. The summed E-state index contributed by atoms with van der Waals surface area (Å²) in [5.41, 5.74) is 1.74. The van der Waals surface area contributed by atoms with E-state index in [2.05, 4.69) is 11.1 Å². The number of rotatable bonds is 3. The minimum absolute atomic E-state index is 0.0644. The third kappa shape index (κ3) is 2.02. The summed E-state index contributed by atoms with van der Waals surface area (Å²) in [5.74, 6) is -0.376. The minimum atomic E-state index is -1.05. The van der Waals surface area contributed by atoms with E-state index in [9.17, 15) is 9.50 Å². The lowest BCUT2D eigenvalue weighted by molar-refractivity contribution is 0.00188. The normalized spacial score (nSPS) is 20.4. The van der Waals surface area contributed by atoms with Gasteiger partial charge in [0, 0.05) is 17.8 Å². The van der Waals surface area contributed by atoms with Crippen LogP contribution in [0.3, 0.4) is 0 Å². The van der Waals surface area contributed by atoms with E-state index in [1.807, 2.05) is 13.0 Å². The van der Waals surface area contributed by atoms with Crippen molar-refractivity contribution in [2.75, 3.05) is 0 Å². The predicted molar refractivity (Wildman–Crippen MR) is 75.9 cm³/mol. The molecule has 1 aromatic carbocycles. The van der Waals surface area contributed by atoms with Gasteiger partial charge in [0.15, 0.2) is 0 Å². The Hall–Kier alpha value is -1.74. The molecular weight excluding hydrogens is 253 g/mol. The Balaban J connectivity index is 2.06. The van der Waals surface area contributed by atoms with Crippen molar-refractivity contribution < 1.29 is 9.50 Å². The Morgan fingerprint density at radius 3 is 2.95 bits per heavy atom. The van der Waals surface area contributed by atoms with Crippen LogP contribution < -0.4 is 0 Å². The molecule has 0 amide bonds. The quantitative estimate of drug-likeness (QED) is 0.926. The van der Waals surface area contributed by atoms with Crippen molar-refractivity contribution >= 4 is 0 Å². The van der Waals surface area contributed by atoms with Gasteiger partial charge in [0.25, 0.3) is 0 Å². The van der Waals surface area contributed by atoms with Crippen LogP contribution in [0.25, 0.3) is 0 Å². The highest BCUT2D eigenvalue weighted by atomic mass is 19.1. The Labute approximate surface area is 118 Å². The number of halogens is 1. The van der Waals surface area contributed by atoms with Crippen LogP contribution in [0, 0.1) is 5.82 Å². The second-order valence-corrected chi connectivity index (χ2v) is 5.43. The summed E-state index contributed by atoms with van der Waals surface area (Å²) in [5, 5.41) is 11.2.